The molecule has 0 saturated carbocycles. The van der Waals surface area contributed by atoms with Gasteiger partial charge in [-0.05, 0) is 12.5 Å². The van der Waals surface area contributed by atoms with Gasteiger partial charge in [-0.25, -0.2) is 18.4 Å². The van der Waals surface area contributed by atoms with Crippen molar-refractivity contribution in [3.63, 3.8) is 0 Å². The summed E-state index contributed by atoms with van der Waals surface area (Å²) in [7, 11) is -2.34. The number of sulfonamides is 1. The highest BCUT2D eigenvalue weighted by Crippen LogP contribution is 2.17. The van der Waals surface area contributed by atoms with E-state index in [0.29, 0.717) is 5.69 Å². The number of carbonyl (C=O) groups is 1. The van der Waals surface area contributed by atoms with E-state index in [4.69, 9.17) is 9.88 Å². The van der Waals surface area contributed by atoms with Crippen LogP contribution in [0.25, 0.3) is 0 Å². The number of aryl methyl sites for hydroxylation is 2. The molecule has 0 fully saturated rings. The Labute approximate surface area is 134 Å². The maximum Gasteiger partial charge on any atom is 0.407 e. The van der Waals surface area contributed by atoms with E-state index in [9.17, 15) is 13.2 Å². The Morgan fingerprint density at radius 2 is 2.00 bits per heavy atom. The number of nitrogens with one attached hydrogen (secondary N) is 1. The number of amides is 1. The number of nitrogens with two attached hydrogens (primary N) is 1. The lowest BCUT2D eigenvalue weighted by Crippen LogP contribution is -2.26. The molecule has 124 valence electrons. The highest BCUT2D eigenvalue weighted by Gasteiger charge is 2.23. The molecule has 0 bridgehead atoms. The zero-order valence-electron chi connectivity index (χ0n) is 12.8. The molecule has 0 saturated heterocycles. The molecule has 2 rings (SSSR count). The number of alkyl carbamates (subject to hydrolysis) is 1. The quantitative estimate of drug-likeness (QED) is 0.836. The number of carbonyl (C=O) groups excluding carboxylic acids is 1. The number of benzene rings is 1. The van der Waals surface area contributed by atoms with Crippen molar-refractivity contribution in [3.8, 4) is 0 Å². The molecule has 1 aromatic heterocycles. The van der Waals surface area contributed by atoms with Crippen LogP contribution in [-0.2, 0) is 35.0 Å². The lowest BCUT2D eigenvalue weighted by atomic mass is 10.2. The van der Waals surface area contributed by atoms with Gasteiger partial charge in [0.05, 0.1) is 17.9 Å². The molecule has 8 nitrogen and oxygen atoms in total. The van der Waals surface area contributed by atoms with Gasteiger partial charge in [0.1, 0.15) is 11.5 Å². The maximum absolute atomic E-state index is 11.7. The summed E-state index contributed by atoms with van der Waals surface area (Å²) in [5.41, 5.74) is 1.43. The summed E-state index contributed by atoms with van der Waals surface area (Å²) in [5, 5.41) is 11.7. The molecule has 0 spiro atoms. The molecule has 0 aliphatic carbocycles. The predicted molar refractivity (Wildman–Crippen MR) is 82.8 cm³/mol. The van der Waals surface area contributed by atoms with Crippen molar-refractivity contribution >= 4 is 16.1 Å². The minimum Gasteiger partial charge on any atom is -0.445 e. The predicted octanol–water partition coefficient (Wildman–Crippen LogP) is 0.802. The fourth-order valence-corrected chi connectivity index (χ4v) is 3.17. The Morgan fingerprint density at radius 1 is 1.35 bits per heavy atom. The van der Waals surface area contributed by atoms with E-state index < -0.39 is 16.1 Å². The minimum absolute atomic E-state index is 0.0588. The van der Waals surface area contributed by atoms with Crippen molar-refractivity contribution < 1.29 is 17.9 Å². The summed E-state index contributed by atoms with van der Waals surface area (Å²) in [6.45, 7) is 1.60. The van der Waals surface area contributed by atoms with Crippen LogP contribution in [0.3, 0.4) is 0 Å². The molecule has 0 unspecified atom stereocenters. The number of ether oxygens (including phenoxy) is 1. The van der Waals surface area contributed by atoms with Gasteiger partial charge in [0, 0.05) is 7.05 Å². The molecule has 2 aromatic rings. The molecule has 1 amide bonds. The number of rotatable bonds is 5. The summed E-state index contributed by atoms with van der Waals surface area (Å²) < 4.78 is 29.7. The first kappa shape index (κ1) is 17.0. The number of nitrogens with zero attached hydrogens (tertiary/aromatic N) is 2. The van der Waals surface area contributed by atoms with Crippen molar-refractivity contribution in [1.29, 1.82) is 0 Å². The van der Waals surface area contributed by atoms with E-state index in [1.807, 2.05) is 30.3 Å². The standard InChI is InChI=1S/C14H18N4O4S/c1-10-13(23(15,20)21)12(18(2)17-10)8-16-14(19)22-9-11-6-4-3-5-7-11/h3-7H,8-9H2,1-2H3,(H,16,19)(H2,15,20,21). The lowest BCUT2D eigenvalue weighted by Gasteiger charge is -2.08. The fraction of sp³-hybridized carbons (Fsp3) is 0.286. The third-order valence-corrected chi connectivity index (χ3v) is 4.28. The molecule has 1 heterocycles. The van der Waals surface area contributed by atoms with Crippen LogP contribution in [-0.4, -0.2) is 24.3 Å². The van der Waals surface area contributed by atoms with Gasteiger partial charge < -0.3 is 10.1 Å². The topological polar surface area (TPSA) is 116 Å². The number of aromatic nitrogens is 2. The first-order valence-corrected chi connectivity index (χ1v) is 8.33. The summed E-state index contributed by atoms with van der Waals surface area (Å²) in [6.07, 6.45) is -0.659. The van der Waals surface area contributed by atoms with E-state index in [1.54, 1.807) is 7.05 Å². The largest absolute Gasteiger partial charge is 0.445 e. The molecular formula is C14H18N4O4S. The Hall–Kier alpha value is -2.39. The van der Waals surface area contributed by atoms with Gasteiger partial charge >= 0.3 is 6.09 Å². The summed E-state index contributed by atoms with van der Waals surface area (Å²) in [6, 6.07) is 9.21. The molecule has 0 aliphatic rings. The van der Waals surface area contributed by atoms with Gasteiger partial charge in [-0.15, -0.1) is 0 Å². The normalized spacial score (nSPS) is 11.3. The van der Waals surface area contributed by atoms with Crippen LogP contribution in [0.5, 0.6) is 0 Å². The van der Waals surface area contributed by atoms with Crippen LogP contribution in [0.2, 0.25) is 0 Å². The summed E-state index contributed by atoms with van der Waals surface area (Å²) in [5.74, 6) is 0. The molecule has 9 heteroatoms. The first-order valence-electron chi connectivity index (χ1n) is 6.79. The van der Waals surface area contributed by atoms with E-state index in [0.717, 1.165) is 5.56 Å². The van der Waals surface area contributed by atoms with Crippen molar-refractivity contribution in [1.82, 2.24) is 15.1 Å². The average molecular weight is 338 g/mol. The Morgan fingerprint density at radius 3 is 2.61 bits per heavy atom. The monoisotopic (exact) mass is 338 g/mol. The van der Waals surface area contributed by atoms with Crippen LogP contribution < -0.4 is 10.5 Å². The molecular weight excluding hydrogens is 320 g/mol. The molecule has 0 aliphatic heterocycles. The van der Waals surface area contributed by atoms with Gasteiger partial charge in [-0.2, -0.15) is 5.10 Å². The van der Waals surface area contributed by atoms with Gasteiger partial charge in [-0.3, -0.25) is 4.68 Å². The second-order valence-electron chi connectivity index (χ2n) is 4.95. The number of primary sulfonamides is 1. The van der Waals surface area contributed by atoms with Crippen LogP contribution in [0.1, 0.15) is 17.0 Å². The van der Waals surface area contributed by atoms with E-state index >= 15 is 0 Å². The highest BCUT2D eigenvalue weighted by atomic mass is 32.2. The fourth-order valence-electron chi connectivity index (χ4n) is 2.18. The summed E-state index contributed by atoms with van der Waals surface area (Å²) >= 11 is 0. The van der Waals surface area contributed by atoms with Crippen LogP contribution >= 0.6 is 0 Å². The molecule has 23 heavy (non-hydrogen) atoms. The summed E-state index contributed by atoms with van der Waals surface area (Å²) in [4.78, 5) is 11.6. The maximum atomic E-state index is 11.7. The second-order valence-corrected chi connectivity index (χ2v) is 6.44. The Kier molecular flexibility index (Phi) is 5.02. The van der Waals surface area contributed by atoms with E-state index in [1.165, 1.54) is 11.6 Å². The third kappa shape index (κ3) is 4.30. The molecule has 1 aromatic carbocycles. The zero-order valence-corrected chi connectivity index (χ0v) is 13.6. The average Bonchev–Trinajstić information content (AvgIpc) is 2.77. The number of hydrogen-bond donors (Lipinski definition) is 2. The van der Waals surface area contributed by atoms with Crippen molar-refractivity contribution in [2.24, 2.45) is 12.2 Å². The molecule has 3 N–H and O–H groups in total. The van der Waals surface area contributed by atoms with Gasteiger partial charge in [0.15, 0.2) is 0 Å². The van der Waals surface area contributed by atoms with Crippen molar-refractivity contribution in [2.45, 2.75) is 25.0 Å². The van der Waals surface area contributed by atoms with E-state index in [2.05, 4.69) is 10.4 Å². The van der Waals surface area contributed by atoms with Crippen LogP contribution in [0.4, 0.5) is 4.79 Å². The zero-order chi connectivity index (χ0) is 17.0. The SMILES string of the molecule is Cc1nn(C)c(CNC(=O)OCc2ccccc2)c1S(N)(=O)=O. The number of hydrogen-bond acceptors (Lipinski definition) is 5. The van der Waals surface area contributed by atoms with Crippen molar-refractivity contribution in [3.05, 3.63) is 47.3 Å². The van der Waals surface area contributed by atoms with Gasteiger partial charge in [0.25, 0.3) is 0 Å². The minimum atomic E-state index is -3.92. The first-order chi connectivity index (χ1) is 10.8. The van der Waals surface area contributed by atoms with Crippen LogP contribution in [0, 0.1) is 6.92 Å². The Balaban J connectivity index is 2.00. The molecule has 0 atom stereocenters. The molecule has 0 radical (unpaired) electrons. The Bertz CT molecular complexity index is 800. The second kappa shape index (κ2) is 6.80. The third-order valence-electron chi connectivity index (χ3n) is 3.18. The lowest BCUT2D eigenvalue weighted by molar-refractivity contribution is 0.139. The smallest absolute Gasteiger partial charge is 0.407 e. The van der Waals surface area contributed by atoms with Crippen molar-refractivity contribution in [2.75, 3.05) is 0 Å². The highest BCUT2D eigenvalue weighted by molar-refractivity contribution is 7.89. The van der Waals surface area contributed by atoms with E-state index in [-0.39, 0.29) is 23.7 Å². The van der Waals surface area contributed by atoms with Gasteiger partial charge in [-0.1, -0.05) is 30.3 Å². The van der Waals surface area contributed by atoms with Crippen LogP contribution in [0.15, 0.2) is 35.2 Å². The van der Waals surface area contributed by atoms with Gasteiger partial charge in [0.2, 0.25) is 10.0 Å².